The van der Waals surface area contributed by atoms with Crippen molar-refractivity contribution in [3.8, 4) is 6.07 Å². The van der Waals surface area contributed by atoms with Crippen molar-refractivity contribution < 1.29 is 19.8 Å². The van der Waals surface area contributed by atoms with Gasteiger partial charge in [-0.25, -0.2) is 9.59 Å². The number of nitrogens with one attached hydrogen (secondary N) is 1. The van der Waals surface area contributed by atoms with Crippen LogP contribution < -0.4 is 10.2 Å². The molecule has 0 radical (unpaired) electrons. The molecule has 1 aromatic rings. The van der Waals surface area contributed by atoms with Crippen LogP contribution in [-0.2, 0) is 4.79 Å². The maximum absolute atomic E-state index is 11.9. The number of hydrogen-bond acceptors (Lipinski definition) is 4. The van der Waals surface area contributed by atoms with E-state index in [1.807, 2.05) is 6.07 Å². The predicted molar refractivity (Wildman–Crippen MR) is 71.2 cm³/mol. The minimum atomic E-state index is -1.21. The molecule has 0 bridgehead atoms. The quantitative estimate of drug-likeness (QED) is 0.726. The molecule has 0 aliphatic rings. The number of carboxylic acid groups (broad SMARTS) is 1. The summed E-state index contributed by atoms with van der Waals surface area (Å²) in [7, 11) is 1.48. The molecule has 3 N–H and O–H groups in total. The predicted octanol–water partition coefficient (Wildman–Crippen LogP) is 0.540. The first-order chi connectivity index (χ1) is 9.49. The summed E-state index contributed by atoms with van der Waals surface area (Å²) >= 11 is 0. The number of aliphatic hydroxyl groups is 1. The largest absolute Gasteiger partial charge is 0.480 e. The van der Waals surface area contributed by atoms with E-state index in [1.54, 1.807) is 24.3 Å². The molecule has 106 valence electrons. The third kappa shape index (κ3) is 3.96. The molecule has 7 heteroatoms. The second-order valence-corrected chi connectivity index (χ2v) is 4.07. The Bertz CT molecular complexity index is 521. The monoisotopic (exact) mass is 277 g/mol. The van der Waals surface area contributed by atoms with E-state index in [0.29, 0.717) is 11.3 Å². The van der Waals surface area contributed by atoms with Gasteiger partial charge >= 0.3 is 12.0 Å². The fourth-order valence-corrected chi connectivity index (χ4v) is 1.51. The summed E-state index contributed by atoms with van der Waals surface area (Å²) in [4.78, 5) is 24.0. The molecule has 2 amide bonds. The lowest BCUT2D eigenvalue weighted by atomic mass is 10.2. The zero-order chi connectivity index (χ0) is 15.1. The zero-order valence-electron chi connectivity index (χ0n) is 10.9. The van der Waals surface area contributed by atoms with Crippen molar-refractivity contribution in [2.75, 3.05) is 18.6 Å². The second kappa shape index (κ2) is 7.11. The number of anilines is 1. The Morgan fingerprint density at radius 3 is 2.45 bits per heavy atom. The minimum Gasteiger partial charge on any atom is -0.480 e. The Morgan fingerprint density at radius 2 is 2.00 bits per heavy atom. The molecule has 0 unspecified atom stereocenters. The van der Waals surface area contributed by atoms with E-state index in [2.05, 4.69) is 5.32 Å². The Balaban J connectivity index is 2.75. The first kappa shape index (κ1) is 15.5. The Labute approximate surface area is 116 Å². The number of nitriles is 1. The van der Waals surface area contributed by atoms with Gasteiger partial charge in [0.2, 0.25) is 0 Å². The van der Waals surface area contributed by atoms with Crippen molar-refractivity contribution in [3.63, 3.8) is 0 Å². The van der Waals surface area contributed by atoms with E-state index in [1.165, 1.54) is 11.9 Å². The van der Waals surface area contributed by atoms with Gasteiger partial charge in [0.1, 0.15) is 6.04 Å². The first-order valence-corrected chi connectivity index (χ1v) is 5.87. The molecule has 0 aliphatic heterocycles. The number of carbonyl (C=O) groups excluding carboxylic acids is 1. The van der Waals surface area contributed by atoms with Gasteiger partial charge in [-0.15, -0.1) is 0 Å². The zero-order valence-corrected chi connectivity index (χ0v) is 10.9. The fraction of sp³-hybridized carbons (Fsp3) is 0.308. The van der Waals surface area contributed by atoms with Gasteiger partial charge in [-0.1, -0.05) is 0 Å². The van der Waals surface area contributed by atoms with Crippen LogP contribution in [0.3, 0.4) is 0 Å². The molecule has 0 saturated carbocycles. The van der Waals surface area contributed by atoms with Crippen LogP contribution in [0.15, 0.2) is 24.3 Å². The molecule has 1 aromatic carbocycles. The number of carboxylic acids is 1. The van der Waals surface area contributed by atoms with E-state index in [0.717, 1.165) is 0 Å². The number of amides is 2. The average Bonchev–Trinajstić information content (AvgIpc) is 2.45. The maximum Gasteiger partial charge on any atom is 0.326 e. The number of urea groups is 1. The fourth-order valence-electron chi connectivity index (χ4n) is 1.51. The molecular formula is C13H15N3O4. The van der Waals surface area contributed by atoms with Crippen LogP contribution >= 0.6 is 0 Å². The van der Waals surface area contributed by atoms with Crippen molar-refractivity contribution in [1.29, 1.82) is 5.26 Å². The van der Waals surface area contributed by atoms with E-state index in [4.69, 9.17) is 15.5 Å². The molecule has 0 aliphatic carbocycles. The first-order valence-electron chi connectivity index (χ1n) is 5.87. The van der Waals surface area contributed by atoms with Gasteiger partial charge in [-0.3, -0.25) is 4.90 Å². The number of aliphatic hydroxyl groups excluding tert-OH is 1. The van der Waals surface area contributed by atoms with Crippen LogP contribution in [0.25, 0.3) is 0 Å². The third-order valence-corrected chi connectivity index (χ3v) is 2.70. The number of rotatable bonds is 5. The topological polar surface area (TPSA) is 114 Å². The van der Waals surface area contributed by atoms with Crippen molar-refractivity contribution in [3.05, 3.63) is 29.8 Å². The highest BCUT2D eigenvalue weighted by Crippen LogP contribution is 2.13. The molecule has 0 aromatic heterocycles. The second-order valence-electron chi connectivity index (χ2n) is 4.07. The molecule has 0 saturated heterocycles. The van der Waals surface area contributed by atoms with Crippen LogP contribution in [0.2, 0.25) is 0 Å². The van der Waals surface area contributed by atoms with Crippen LogP contribution in [0.5, 0.6) is 0 Å². The Morgan fingerprint density at radius 1 is 1.40 bits per heavy atom. The highest BCUT2D eigenvalue weighted by atomic mass is 16.4. The van der Waals surface area contributed by atoms with E-state index < -0.39 is 18.0 Å². The van der Waals surface area contributed by atoms with Gasteiger partial charge in [-0.2, -0.15) is 5.26 Å². The van der Waals surface area contributed by atoms with Gasteiger partial charge in [0.05, 0.1) is 11.6 Å². The summed E-state index contributed by atoms with van der Waals surface area (Å²) < 4.78 is 0. The summed E-state index contributed by atoms with van der Waals surface area (Å²) in [5.74, 6) is -1.21. The smallest absolute Gasteiger partial charge is 0.326 e. The Kier molecular flexibility index (Phi) is 5.50. The molecule has 20 heavy (non-hydrogen) atoms. The van der Waals surface area contributed by atoms with Crippen molar-refractivity contribution in [2.45, 2.75) is 12.5 Å². The standard InChI is InChI=1S/C13H15N3O4/c1-16(10-4-2-9(8-14)3-5-10)13(20)15-11(6-7-17)12(18)19/h2-5,11,17H,6-7H2,1H3,(H,15,20)(H,18,19)/t11-/m1/s1. The lowest BCUT2D eigenvalue weighted by Crippen LogP contribution is -2.47. The van der Waals surface area contributed by atoms with Gasteiger partial charge in [0, 0.05) is 25.8 Å². The molecular weight excluding hydrogens is 262 g/mol. The van der Waals surface area contributed by atoms with Crippen molar-refractivity contribution >= 4 is 17.7 Å². The molecule has 0 spiro atoms. The van der Waals surface area contributed by atoms with E-state index in [-0.39, 0.29) is 13.0 Å². The SMILES string of the molecule is CN(C(=O)N[C@H](CCO)C(=O)O)c1ccc(C#N)cc1. The van der Waals surface area contributed by atoms with E-state index in [9.17, 15) is 9.59 Å². The number of hydrogen-bond donors (Lipinski definition) is 3. The summed E-state index contributed by atoms with van der Waals surface area (Å²) in [6.07, 6.45) is -0.0672. The average molecular weight is 277 g/mol. The molecule has 0 heterocycles. The summed E-state index contributed by atoms with van der Waals surface area (Å²) in [6, 6.07) is 6.50. The molecule has 1 atom stereocenters. The maximum atomic E-state index is 11.9. The van der Waals surface area contributed by atoms with Crippen LogP contribution in [0.1, 0.15) is 12.0 Å². The summed E-state index contributed by atoms with van der Waals surface area (Å²) in [6.45, 7) is -0.335. The third-order valence-electron chi connectivity index (χ3n) is 2.70. The summed E-state index contributed by atoms with van der Waals surface area (Å²) in [5.41, 5.74) is 0.987. The van der Waals surface area contributed by atoms with Gasteiger partial charge in [0.15, 0.2) is 0 Å². The highest BCUT2D eigenvalue weighted by molar-refractivity contribution is 5.94. The van der Waals surface area contributed by atoms with Crippen LogP contribution in [0, 0.1) is 11.3 Å². The van der Waals surface area contributed by atoms with Gasteiger partial charge < -0.3 is 15.5 Å². The number of nitrogens with zero attached hydrogens (tertiary/aromatic N) is 2. The number of aliphatic carboxylic acids is 1. The molecule has 7 nitrogen and oxygen atoms in total. The number of carbonyl (C=O) groups is 2. The summed E-state index contributed by atoms with van der Waals surface area (Å²) in [5, 5.41) is 28.6. The Hall–Kier alpha value is -2.59. The van der Waals surface area contributed by atoms with Crippen molar-refractivity contribution in [2.24, 2.45) is 0 Å². The molecule has 0 fully saturated rings. The van der Waals surface area contributed by atoms with Gasteiger partial charge in [-0.05, 0) is 24.3 Å². The van der Waals surface area contributed by atoms with Crippen LogP contribution in [0.4, 0.5) is 10.5 Å². The highest BCUT2D eigenvalue weighted by Gasteiger charge is 2.21. The minimum absolute atomic E-state index is 0.0672. The lowest BCUT2D eigenvalue weighted by molar-refractivity contribution is -0.139. The van der Waals surface area contributed by atoms with E-state index >= 15 is 0 Å². The van der Waals surface area contributed by atoms with Crippen molar-refractivity contribution in [1.82, 2.24) is 5.32 Å². The molecule has 1 rings (SSSR count). The number of benzene rings is 1. The van der Waals surface area contributed by atoms with Gasteiger partial charge in [0.25, 0.3) is 0 Å². The normalized spacial score (nSPS) is 11.2. The van der Waals surface area contributed by atoms with Crippen LogP contribution in [-0.4, -0.2) is 41.9 Å². The lowest BCUT2D eigenvalue weighted by Gasteiger charge is -2.21.